The first-order valence-electron chi connectivity index (χ1n) is 10.3. The molecule has 0 radical (unpaired) electrons. The molecule has 2 aliphatic heterocycles. The van der Waals surface area contributed by atoms with Crippen molar-refractivity contribution in [2.24, 2.45) is 0 Å². The van der Waals surface area contributed by atoms with E-state index in [-0.39, 0.29) is 0 Å². The van der Waals surface area contributed by atoms with E-state index in [0.717, 1.165) is 50.2 Å². The molecule has 7 heteroatoms. The lowest BCUT2D eigenvalue weighted by atomic mass is 10.2. The van der Waals surface area contributed by atoms with Crippen molar-refractivity contribution >= 4 is 34.5 Å². The van der Waals surface area contributed by atoms with Gasteiger partial charge in [0, 0.05) is 67.0 Å². The molecule has 4 rings (SSSR count). The Balaban J connectivity index is 1.19. The summed E-state index contributed by atoms with van der Waals surface area (Å²) >= 11 is 7.74. The van der Waals surface area contributed by atoms with Gasteiger partial charge in [0.05, 0.1) is 0 Å². The Bertz CT molecular complexity index is 783. The van der Waals surface area contributed by atoms with Gasteiger partial charge in [-0.15, -0.1) is 11.3 Å². The second-order valence-electron chi connectivity index (χ2n) is 7.67. The molecule has 28 heavy (non-hydrogen) atoms. The van der Waals surface area contributed by atoms with Crippen LogP contribution in [0.5, 0.6) is 0 Å². The number of rotatable bonds is 6. The average molecular weight is 416 g/mol. The Morgan fingerprint density at radius 3 is 2.57 bits per heavy atom. The maximum atomic E-state index is 5.82. The summed E-state index contributed by atoms with van der Waals surface area (Å²) in [5, 5.41) is 0. The maximum Gasteiger partial charge on any atom is 0.225 e. The molecule has 0 aliphatic carbocycles. The predicted molar refractivity (Wildman–Crippen MR) is 121 cm³/mol. The minimum atomic E-state index is 0.861. The number of fused-ring (bicyclic) bond motifs is 1. The first-order valence-corrected chi connectivity index (χ1v) is 11.6. The number of unbranched alkanes of at least 4 members (excludes halogenated alkanes) is 1. The smallest absolute Gasteiger partial charge is 0.225 e. The highest BCUT2D eigenvalue weighted by Crippen LogP contribution is 2.28. The van der Waals surface area contributed by atoms with Crippen molar-refractivity contribution in [2.45, 2.75) is 32.6 Å². The van der Waals surface area contributed by atoms with Crippen LogP contribution in [0, 0.1) is 6.92 Å². The summed E-state index contributed by atoms with van der Waals surface area (Å²) in [5.41, 5.74) is 1.33. The molecule has 150 valence electrons. The van der Waals surface area contributed by atoms with Gasteiger partial charge in [0.2, 0.25) is 5.95 Å². The van der Waals surface area contributed by atoms with Crippen LogP contribution in [-0.4, -0.2) is 70.6 Å². The second kappa shape index (κ2) is 9.29. The molecule has 0 N–H and O–H groups in total. The van der Waals surface area contributed by atoms with E-state index in [0.29, 0.717) is 0 Å². The third kappa shape index (κ3) is 4.70. The first-order chi connectivity index (χ1) is 13.7. The Morgan fingerprint density at radius 1 is 1.04 bits per heavy atom. The molecule has 2 aromatic rings. The number of hydrogen-bond donors (Lipinski definition) is 0. The van der Waals surface area contributed by atoms with E-state index in [1.807, 2.05) is 29.8 Å². The summed E-state index contributed by atoms with van der Waals surface area (Å²) in [7, 11) is 0. The van der Waals surface area contributed by atoms with Crippen LogP contribution < -0.4 is 4.90 Å². The molecule has 1 saturated heterocycles. The van der Waals surface area contributed by atoms with E-state index < -0.39 is 0 Å². The van der Waals surface area contributed by atoms with Crippen molar-refractivity contribution in [3.05, 3.63) is 39.8 Å². The quantitative estimate of drug-likeness (QED) is 0.532. The van der Waals surface area contributed by atoms with Gasteiger partial charge in [0.25, 0.3) is 0 Å². The number of nitrogens with zero attached hydrogens (tertiary/aromatic N) is 5. The van der Waals surface area contributed by atoms with Crippen LogP contribution in [0.2, 0.25) is 0 Å². The van der Waals surface area contributed by atoms with Gasteiger partial charge in [0.1, 0.15) is 4.99 Å². The molecule has 0 bridgehead atoms. The molecule has 2 aromatic heterocycles. The summed E-state index contributed by atoms with van der Waals surface area (Å²) in [5.74, 6) is 0.861. The average Bonchev–Trinajstić information content (AvgIpc) is 3.04. The Kier molecular flexibility index (Phi) is 6.54. The number of thiophene rings is 1. The minimum absolute atomic E-state index is 0.861. The fourth-order valence-electron chi connectivity index (χ4n) is 4.11. The molecule has 0 aromatic carbocycles. The van der Waals surface area contributed by atoms with Crippen LogP contribution in [-0.2, 0) is 6.42 Å². The molecule has 5 nitrogen and oxygen atoms in total. The van der Waals surface area contributed by atoms with Gasteiger partial charge in [-0.05, 0) is 51.3 Å². The monoisotopic (exact) mass is 415 g/mol. The Labute approximate surface area is 177 Å². The summed E-state index contributed by atoms with van der Waals surface area (Å²) in [6.45, 7) is 9.78. The fourth-order valence-corrected chi connectivity index (χ4v) is 5.62. The predicted octanol–water partition coefficient (Wildman–Crippen LogP) is 3.37. The van der Waals surface area contributed by atoms with E-state index in [9.17, 15) is 0 Å². The van der Waals surface area contributed by atoms with Crippen LogP contribution in [0.15, 0.2) is 24.5 Å². The van der Waals surface area contributed by atoms with Gasteiger partial charge in [-0.25, -0.2) is 9.97 Å². The van der Waals surface area contributed by atoms with Crippen LogP contribution in [0.1, 0.15) is 34.6 Å². The van der Waals surface area contributed by atoms with E-state index in [1.165, 1.54) is 47.5 Å². The molecule has 0 spiro atoms. The standard InChI is InChI=1S/C21H29N5S2/c1-17-16-18-19(28-17)6-4-11-25(20(18)27)10-3-2-9-24-12-14-26(15-13-24)21-22-7-5-8-23-21/h5,7-8,16H,2-4,6,9-15H2,1H3. The molecule has 4 heterocycles. The highest BCUT2D eigenvalue weighted by molar-refractivity contribution is 7.80. The number of anilines is 1. The summed E-state index contributed by atoms with van der Waals surface area (Å²) in [4.78, 5) is 20.0. The second-order valence-corrected chi connectivity index (χ2v) is 9.40. The number of aromatic nitrogens is 2. The molecule has 0 unspecified atom stereocenters. The SMILES string of the molecule is Cc1cc2c(s1)CCCN(CCCCN1CCN(c3ncccn3)CC1)C2=S. The fraction of sp³-hybridized carbons (Fsp3) is 0.571. The van der Waals surface area contributed by atoms with Crippen molar-refractivity contribution < 1.29 is 0 Å². The normalized spacial score (nSPS) is 18.2. The van der Waals surface area contributed by atoms with Crippen LogP contribution >= 0.6 is 23.6 Å². The van der Waals surface area contributed by atoms with Gasteiger partial charge in [-0.1, -0.05) is 12.2 Å². The Hall–Kier alpha value is -1.57. The zero-order chi connectivity index (χ0) is 19.3. The summed E-state index contributed by atoms with van der Waals surface area (Å²) in [6, 6.07) is 4.16. The topological polar surface area (TPSA) is 35.5 Å². The number of hydrogen-bond acceptors (Lipinski definition) is 6. The molecule has 0 atom stereocenters. The number of aryl methyl sites for hydroxylation is 2. The van der Waals surface area contributed by atoms with Crippen LogP contribution in [0.4, 0.5) is 5.95 Å². The van der Waals surface area contributed by atoms with Crippen LogP contribution in [0.25, 0.3) is 0 Å². The van der Waals surface area contributed by atoms with E-state index in [2.05, 4.69) is 37.7 Å². The summed E-state index contributed by atoms with van der Waals surface area (Å²) in [6.07, 6.45) is 8.48. The highest BCUT2D eigenvalue weighted by Gasteiger charge is 2.21. The van der Waals surface area contributed by atoms with Gasteiger partial charge in [0.15, 0.2) is 0 Å². The van der Waals surface area contributed by atoms with E-state index in [4.69, 9.17) is 12.2 Å². The van der Waals surface area contributed by atoms with E-state index in [1.54, 1.807) is 0 Å². The molecule has 2 aliphatic rings. The molecule has 0 saturated carbocycles. The zero-order valence-corrected chi connectivity index (χ0v) is 18.3. The lowest BCUT2D eigenvalue weighted by Gasteiger charge is -2.34. The van der Waals surface area contributed by atoms with Crippen molar-refractivity contribution in [1.82, 2.24) is 19.8 Å². The van der Waals surface area contributed by atoms with Crippen molar-refractivity contribution in [1.29, 1.82) is 0 Å². The number of thiocarbonyl (C=S) groups is 1. The maximum absolute atomic E-state index is 5.82. The third-order valence-corrected chi connectivity index (χ3v) is 7.23. The molecular formula is C21H29N5S2. The highest BCUT2D eigenvalue weighted by atomic mass is 32.1. The molecule has 0 amide bonds. The van der Waals surface area contributed by atoms with Gasteiger partial charge < -0.3 is 9.80 Å². The third-order valence-electron chi connectivity index (χ3n) is 5.64. The largest absolute Gasteiger partial charge is 0.362 e. The van der Waals surface area contributed by atoms with Crippen LogP contribution in [0.3, 0.4) is 0 Å². The first kappa shape index (κ1) is 19.7. The van der Waals surface area contributed by atoms with Gasteiger partial charge in [-0.3, -0.25) is 4.90 Å². The zero-order valence-electron chi connectivity index (χ0n) is 16.6. The van der Waals surface area contributed by atoms with E-state index >= 15 is 0 Å². The van der Waals surface area contributed by atoms with Crippen molar-refractivity contribution in [2.75, 3.05) is 50.7 Å². The summed E-state index contributed by atoms with van der Waals surface area (Å²) < 4.78 is 0. The van der Waals surface area contributed by atoms with Crippen molar-refractivity contribution in [3.8, 4) is 0 Å². The molecular weight excluding hydrogens is 386 g/mol. The van der Waals surface area contributed by atoms with Gasteiger partial charge in [-0.2, -0.15) is 0 Å². The number of piperazine rings is 1. The molecule has 1 fully saturated rings. The van der Waals surface area contributed by atoms with Crippen molar-refractivity contribution in [3.63, 3.8) is 0 Å². The Morgan fingerprint density at radius 2 is 1.79 bits per heavy atom. The minimum Gasteiger partial charge on any atom is -0.362 e. The van der Waals surface area contributed by atoms with Gasteiger partial charge >= 0.3 is 0 Å². The lowest BCUT2D eigenvalue weighted by Crippen LogP contribution is -2.47. The lowest BCUT2D eigenvalue weighted by molar-refractivity contribution is 0.248.